The standard InChI is InChI=1S/C6H2Cl3I2NO/c7-6(8,9)4(13)3-1-2(10)5(11)12-3/h1,12H. The minimum atomic E-state index is -1.89. The Balaban J connectivity index is 3.03. The quantitative estimate of drug-likeness (QED) is 0.383. The van der Waals surface area contributed by atoms with Gasteiger partial charge in [-0.15, -0.1) is 0 Å². The van der Waals surface area contributed by atoms with Crippen LogP contribution in [0.3, 0.4) is 0 Å². The highest BCUT2D eigenvalue weighted by Gasteiger charge is 2.32. The molecule has 0 aliphatic rings. The Bertz CT molecular complexity index is 325. The van der Waals surface area contributed by atoms with Gasteiger partial charge in [-0.05, 0) is 51.2 Å². The third-order valence-electron chi connectivity index (χ3n) is 1.23. The summed E-state index contributed by atoms with van der Waals surface area (Å²) in [5, 5.41) is 0. The van der Waals surface area contributed by atoms with Crippen LogP contribution in [0.25, 0.3) is 0 Å². The van der Waals surface area contributed by atoms with Gasteiger partial charge in [0.1, 0.15) is 0 Å². The van der Waals surface area contributed by atoms with Crippen molar-refractivity contribution in [2.45, 2.75) is 3.79 Å². The Morgan fingerprint density at radius 1 is 1.38 bits per heavy atom. The Kier molecular flexibility index (Phi) is 4.20. The summed E-state index contributed by atoms with van der Waals surface area (Å²) < 4.78 is -0.108. The van der Waals surface area contributed by atoms with Gasteiger partial charge in [-0.25, -0.2) is 0 Å². The summed E-state index contributed by atoms with van der Waals surface area (Å²) in [5.74, 6) is -0.543. The maximum atomic E-state index is 11.4. The van der Waals surface area contributed by atoms with Crippen LogP contribution in [-0.4, -0.2) is 14.6 Å². The number of halogens is 5. The first-order valence-corrected chi connectivity index (χ1v) is 6.27. The SMILES string of the molecule is O=C(c1cc(I)c(I)[nH]1)C(Cl)(Cl)Cl. The molecular formula is C6H2Cl3I2NO. The van der Waals surface area contributed by atoms with Crippen molar-refractivity contribution in [1.29, 1.82) is 0 Å². The number of rotatable bonds is 1. The van der Waals surface area contributed by atoms with Crippen LogP contribution in [0.1, 0.15) is 10.5 Å². The Labute approximate surface area is 117 Å². The van der Waals surface area contributed by atoms with Crippen molar-refractivity contribution in [2.24, 2.45) is 0 Å². The van der Waals surface area contributed by atoms with Crippen molar-refractivity contribution in [3.8, 4) is 0 Å². The zero-order valence-corrected chi connectivity index (χ0v) is 12.5. The van der Waals surface area contributed by atoms with E-state index in [4.69, 9.17) is 34.8 Å². The average molecular weight is 464 g/mol. The summed E-state index contributed by atoms with van der Waals surface area (Å²) in [6, 6.07) is 1.65. The van der Waals surface area contributed by atoms with Gasteiger partial charge >= 0.3 is 0 Å². The predicted octanol–water partition coefficient (Wildman–Crippen LogP) is 3.78. The lowest BCUT2D eigenvalue weighted by molar-refractivity contribution is 0.0992. The molecule has 2 nitrogen and oxygen atoms in total. The molecule has 0 atom stereocenters. The molecule has 0 unspecified atom stereocenters. The molecule has 1 rings (SSSR count). The van der Waals surface area contributed by atoms with Gasteiger partial charge in [0.2, 0.25) is 5.78 Å². The van der Waals surface area contributed by atoms with Crippen LogP contribution in [0.2, 0.25) is 0 Å². The van der Waals surface area contributed by atoms with Crippen molar-refractivity contribution in [3.63, 3.8) is 0 Å². The molecule has 0 spiro atoms. The first-order chi connectivity index (χ1) is 5.82. The highest BCUT2D eigenvalue weighted by atomic mass is 127. The van der Waals surface area contributed by atoms with E-state index < -0.39 is 9.58 Å². The van der Waals surface area contributed by atoms with Crippen LogP contribution in [0.4, 0.5) is 0 Å². The van der Waals surface area contributed by atoms with Gasteiger partial charge in [0, 0.05) is 3.57 Å². The van der Waals surface area contributed by atoms with Crippen molar-refractivity contribution >= 4 is 85.8 Å². The van der Waals surface area contributed by atoms with Gasteiger partial charge in [0.15, 0.2) is 0 Å². The average Bonchev–Trinajstić information content (AvgIpc) is 2.29. The molecule has 0 aliphatic carbocycles. The van der Waals surface area contributed by atoms with E-state index in [1.807, 2.05) is 0 Å². The molecule has 1 heterocycles. The van der Waals surface area contributed by atoms with E-state index in [1.54, 1.807) is 6.07 Å². The summed E-state index contributed by atoms with van der Waals surface area (Å²) in [5.41, 5.74) is 0.314. The molecule has 0 aliphatic heterocycles. The summed E-state index contributed by atoms with van der Waals surface area (Å²) in [4.78, 5) is 14.2. The van der Waals surface area contributed by atoms with Gasteiger partial charge < -0.3 is 4.98 Å². The van der Waals surface area contributed by atoms with Gasteiger partial charge in [0.25, 0.3) is 3.79 Å². The van der Waals surface area contributed by atoms with E-state index in [9.17, 15) is 4.79 Å². The minimum Gasteiger partial charge on any atom is -0.347 e. The number of hydrogen-bond acceptors (Lipinski definition) is 1. The van der Waals surface area contributed by atoms with E-state index in [-0.39, 0.29) is 0 Å². The summed E-state index contributed by atoms with van der Waals surface area (Å²) in [6.45, 7) is 0. The number of H-pyrrole nitrogens is 1. The van der Waals surface area contributed by atoms with Crippen molar-refractivity contribution in [1.82, 2.24) is 4.98 Å². The Morgan fingerprint density at radius 3 is 2.23 bits per heavy atom. The van der Waals surface area contributed by atoms with Crippen LogP contribution in [0, 0.1) is 7.27 Å². The largest absolute Gasteiger partial charge is 0.347 e. The predicted molar refractivity (Wildman–Crippen MR) is 70.8 cm³/mol. The second kappa shape index (κ2) is 4.42. The topological polar surface area (TPSA) is 32.9 Å². The summed E-state index contributed by atoms with van der Waals surface area (Å²) >= 11 is 20.5. The van der Waals surface area contributed by atoms with Crippen LogP contribution >= 0.6 is 80.0 Å². The first-order valence-electron chi connectivity index (χ1n) is 2.98. The third-order valence-corrected chi connectivity index (χ3v) is 4.48. The van der Waals surface area contributed by atoms with Gasteiger partial charge in [-0.2, -0.15) is 0 Å². The van der Waals surface area contributed by atoms with Gasteiger partial charge in [-0.1, -0.05) is 34.8 Å². The Morgan fingerprint density at radius 2 is 1.92 bits per heavy atom. The zero-order chi connectivity index (χ0) is 10.2. The molecule has 0 fully saturated rings. The lowest BCUT2D eigenvalue weighted by Gasteiger charge is -2.06. The number of aromatic amines is 1. The molecule has 1 N–H and O–H groups in total. The van der Waals surface area contributed by atoms with Crippen molar-refractivity contribution in [2.75, 3.05) is 0 Å². The third kappa shape index (κ3) is 3.12. The molecular weight excluding hydrogens is 462 g/mol. The van der Waals surface area contributed by atoms with E-state index in [0.29, 0.717) is 5.69 Å². The van der Waals surface area contributed by atoms with E-state index >= 15 is 0 Å². The van der Waals surface area contributed by atoms with Crippen molar-refractivity contribution in [3.05, 3.63) is 19.0 Å². The molecule has 0 saturated heterocycles. The smallest absolute Gasteiger partial charge is 0.254 e. The molecule has 1 aromatic heterocycles. The molecule has 72 valence electrons. The number of alkyl halides is 3. The van der Waals surface area contributed by atoms with E-state index in [0.717, 1.165) is 7.27 Å². The number of aromatic nitrogens is 1. The lowest BCUT2D eigenvalue weighted by Crippen LogP contribution is -2.19. The summed E-state index contributed by atoms with van der Waals surface area (Å²) in [6.07, 6.45) is 0. The normalized spacial score (nSPS) is 11.8. The number of Topliss-reactive ketones (excluding diaryl/α,β-unsaturated/α-hetero) is 1. The van der Waals surface area contributed by atoms with Crippen molar-refractivity contribution < 1.29 is 4.79 Å². The number of carbonyl (C=O) groups is 1. The number of nitrogens with one attached hydrogen (secondary N) is 1. The minimum absolute atomic E-state index is 0.314. The van der Waals surface area contributed by atoms with Crippen LogP contribution in [0.5, 0.6) is 0 Å². The fourth-order valence-electron chi connectivity index (χ4n) is 0.679. The number of carbonyl (C=O) groups excluding carboxylic acids is 1. The molecule has 0 aromatic carbocycles. The molecule has 0 amide bonds. The second-order valence-corrected chi connectivity index (χ2v) is 6.69. The molecule has 13 heavy (non-hydrogen) atoms. The fourth-order valence-corrected chi connectivity index (χ4v) is 1.88. The fraction of sp³-hybridized carbons (Fsp3) is 0.167. The van der Waals surface area contributed by atoms with E-state index in [2.05, 4.69) is 50.2 Å². The highest BCUT2D eigenvalue weighted by Crippen LogP contribution is 2.31. The summed E-state index contributed by atoms with van der Waals surface area (Å²) in [7, 11) is 0. The number of hydrogen-bond donors (Lipinski definition) is 1. The van der Waals surface area contributed by atoms with Crippen LogP contribution < -0.4 is 0 Å². The zero-order valence-electron chi connectivity index (χ0n) is 5.88. The van der Waals surface area contributed by atoms with Crippen LogP contribution in [0.15, 0.2) is 6.07 Å². The lowest BCUT2D eigenvalue weighted by atomic mass is 10.3. The van der Waals surface area contributed by atoms with Gasteiger partial charge in [0.05, 0.1) is 9.39 Å². The number of ketones is 1. The first kappa shape index (κ1) is 12.4. The highest BCUT2D eigenvalue weighted by molar-refractivity contribution is 14.1. The molecule has 0 bridgehead atoms. The van der Waals surface area contributed by atoms with Gasteiger partial charge in [-0.3, -0.25) is 4.79 Å². The Hall–Kier alpha value is 1.28. The monoisotopic (exact) mass is 463 g/mol. The maximum Gasteiger partial charge on any atom is 0.254 e. The molecule has 0 radical (unpaired) electrons. The molecule has 7 heteroatoms. The van der Waals surface area contributed by atoms with E-state index in [1.165, 1.54) is 0 Å². The molecule has 1 aromatic rings. The second-order valence-electron chi connectivity index (χ2n) is 2.17. The van der Waals surface area contributed by atoms with Crippen LogP contribution in [-0.2, 0) is 0 Å². The maximum absolute atomic E-state index is 11.4. The molecule has 0 saturated carbocycles.